The van der Waals surface area contributed by atoms with E-state index in [2.05, 4.69) is 119 Å². The first-order chi connectivity index (χ1) is 16.7. The fourth-order valence-corrected chi connectivity index (χ4v) is 9.49. The smallest absolute Gasteiger partial charge is 0.258 e. The monoisotopic (exact) mass is 618 g/mol. The molecule has 0 bridgehead atoms. The molecule has 3 atom stereocenters. The van der Waals surface area contributed by atoms with Gasteiger partial charge in [-0.25, -0.2) is 0 Å². The fourth-order valence-electron chi connectivity index (χ4n) is 5.34. The Morgan fingerprint density at radius 1 is 1.06 bits per heavy atom. The lowest BCUT2D eigenvalue weighted by Crippen LogP contribution is -2.65. The molecule has 1 N–H and O–H groups in total. The molecule has 0 radical (unpaired) electrons. The van der Waals surface area contributed by atoms with Gasteiger partial charge < -0.3 is 9.53 Å². The Kier molecular flexibility index (Phi) is 11.0. The van der Waals surface area contributed by atoms with E-state index in [9.17, 15) is 4.80 Å². The van der Waals surface area contributed by atoms with E-state index in [-0.39, 0.29) is 11.1 Å². The van der Waals surface area contributed by atoms with E-state index in [1.165, 1.54) is 12.8 Å². The molecule has 0 saturated heterocycles. The lowest BCUT2D eigenvalue weighted by molar-refractivity contribution is -0.00495. The first kappa shape index (κ1) is 28.6. The Bertz CT molecular complexity index is 915. The molecule has 2 nitrogen and oxygen atoms in total. The van der Waals surface area contributed by atoms with E-state index in [0.29, 0.717) is 12.0 Å². The van der Waals surface area contributed by atoms with Gasteiger partial charge in [0.05, 0.1) is 15.6 Å². The van der Waals surface area contributed by atoms with Crippen molar-refractivity contribution in [1.82, 2.24) is 0 Å². The molecule has 35 heavy (non-hydrogen) atoms. The molecule has 1 aliphatic heterocycles. The summed E-state index contributed by atoms with van der Waals surface area (Å²) in [6.07, 6.45) is 14.6. The molecular weight excluding hydrogens is 580 g/mol. The molecule has 5 heteroatoms. The summed E-state index contributed by atoms with van der Waals surface area (Å²) in [5.41, 5.74) is 0. The van der Waals surface area contributed by atoms with E-state index in [4.69, 9.17) is 4.74 Å². The third-order valence-corrected chi connectivity index (χ3v) is 12.6. The van der Waals surface area contributed by atoms with Crippen molar-refractivity contribution >= 4 is 50.6 Å². The topological polar surface area (TPSA) is 29.5 Å². The van der Waals surface area contributed by atoms with Crippen molar-refractivity contribution in [3.05, 3.63) is 82.3 Å². The Morgan fingerprint density at radius 2 is 1.66 bits per heavy atom. The highest BCUT2D eigenvalue weighted by atomic mass is 79.9. The predicted molar refractivity (Wildman–Crippen MR) is 159 cm³/mol. The second kappa shape index (κ2) is 13.5. The van der Waals surface area contributed by atoms with Crippen molar-refractivity contribution in [3.8, 4) is 0 Å². The highest BCUT2D eigenvalue weighted by Crippen LogP contribution is 2.40. The average molecular weight is 621 g/mol. The molecule has 2 aromatic carbocycles. The third-order valence-electron chi connectivity index (χ3n) is 7.40. The summed E-state index contributed by atoms with van der Waals surface area (Å²) in [7, 11) is -2.90. The van der Waals surface area contributed by atoms with Crippen molar-refractivity contribution < 1.29 is 9.53 Å². The summed E-state index contributed by atoms with van der Waals surface area (Å²) in [5, 5.41) is 2.03. The number of hydrogen-bond acceptors (Lipinski definition) is 2. The van der Waals surface area contributed by atoms with Gasteiger partial charge in [-0.2, -0.15) is 0 Å². The van der Waals surface area contributed by atoms with Crippen molar-refractivity contribution in [2.24, 2.45) is 5.92 Å². The van der Waals surface area contributed by atoms with Crippen LogP contribution in [0.25, 0.3) is 0 Å². The number of benzene rings is 2. The molecule has 0 amide bonds. The van der Waals surface area contributed by atoms with Gasteiger partial charge in [0.25, 0.3) is 8.32 Å². The van der Waals surface area contributed by atoms with Crippen LogP contribution in [0.2, 0.25) is 5.04 Å². The molecule has 190 valence electrons. The number of halogens is 2. The lowest BCUT2D eigenvalue weighted by Gasteiger charge is -2.41. The quantitative estimate of drug-likeness (QED) is 0.149. The van der Waals surface area contributed by atoms with Gasteiger partial charge in [-0.3, -0.25) is 0 Å². The average Bonchev–Trinajstić information content (AvgIpc) is 2.86. The molecule has 1 aliphatic rings. The van der Waals surface area contributed by atoms with Crippen LogP contribution in [0.1, 0.15) is 65.7 Å². The number of unbranched alkanes of at least 4 members (excludes halogenated alkanes) is 1. The molecule has 0 saturated carbocycles. The maximum atomic E-state index is 12.3. The van der Waals surface area contributed by atoms with Crippen LogP contribution < -0.4 is 10.4 Å². The van der Waals surface area contributed by atoms with Gasteiger partial charge in [-0.1, -0.05) is 119 Å². The van der Waals surface area contributed by atoms with Crippen molar-refractivity contribution in [2.45, 2.75) is 83.0 Å². The second-order valence-corrected chi connectivity index (χ2v) is 17.3. The van der Waals surface area contributed by atoms with Crippen LogP contribution in [-0.2, 0) is 4.74 Å². The van der Waals surface area contributed by atoms with Gasteiger partial charge >= 0.3 is 0 Å². The maximum absolute atomic E-state index is 12.3. The molecule has 0 aliphatic carbocycles. The fraction of sp³-hybridized carbons (Fsp3) is 0.467. The molecule has 0 spiro atoms. The molecule has 0 fully saturated rings. The maximum Gasteiger partial charge on any atom is 0.258 e. The molecule has 0 unspecified atom stereocenters. The summed E-state index contributed by atoms with van der Waals surface area (Å²) in [6, 6.07) is 20.7. The molecule has 0 aromatic heterocycles. The van der Waals surface area contributed by atoms with Crippen LogP contribution in [0.15, 0.2) is 82.3 Å². The largest absolute Gasteiger partial charge is 0.424 e. The minimum Gasteiger partial charge on any atom is -0.424 e. The van der Waals surface area contributed by atoms with Crippen LogP contribution in [0.5, 0.6) is 0 Å². The highest BCUT2D eigenvalue weighted by molar-refractivity contribution is 9.28. The zero-order valence-corrected chi connectivity index (χ0v) is 25.5. The van der Waals surface area contributed by atoms with E-state index in [0.717, 1.165) is 45.9 Å². The Hall–Kier alpha value is -0.983. The molecular formula is C30H40Br2O2Si. The Morgan fingerprint density at radius 3 is 2.23 bits per heavy atom. The second-order valence-electron chi connectivity index (χ2n) is 10.6. The summed E-state index contributed by atoms with van der Waals surface area (Å²) in [4.78, 5) is 12.3. The zero-order valence-electron chi connectivity index (χ0n) is 21.3. The van der Waals surface area contributed by atoms with Gasteiger partial charge in [0.1, 0.15) is 0 Å². The third kappa shape index (κ3) is 8.00. The number of rotatable bonds is 12. The van der Waals surface area contributed by atoms with Gasteiger partial charge in [-0.05, 0) is 78.9 Å². The van der Waals surface area contributed by atoms with Crippen LogP contribution in [-0.4, -0.2) is 25.3 Å². The number of hydrogen-bond donors (Lipinski definition) is 1. The normalized spacial score (nSPS) is 19.4. The molecule has 1 heterocycles. The van der Waals surface area contributed by atoms with Gasteiger partial charge in [0.15, 0.2) is 0 Å². The summed E-state index contributed by atoms with van der Waals surface area (Å²) < 4.78 is 7.29. The van der Waals surface area contributed by atoms with E-state index >= 15 is 0 Å². The summed E-state index contributed by atoms with van der Waals surface area (Å²) in [6.45, 7) is 6.89. The Balaban J connectivity index is 1.54. The highest BCUT2D eigenvalue weighted by Gasteiger charge is 2.49. The van der Waals surface area contributed by atoms with Crippen molar-refractivity contribution in [2.75, 3.05) is 0 Å². The molecule has 3 rings (SSSR count). The van der Waals surface area contributed by atoms with Crippen molar-refractivity contribution in [1.29, 1.82) is 0 Å². The van der Waals surface area contributed by atoms with Crippen LogP contribution in [0, 0.1) is 5.92 Å². The summed E-state index contributed by atoms with van der Waals surface area (Å²) in [5.74, 6) is 0.632. The lowest BCUT2D eigenvalue weighted by atomic mass is 9.93. The van der Waals surface area contributed by atoms with E-state index in [1.807, 2.05) is 12.1 Å². The SMILES string of the molecule is C[C@@H](CCCCC(C)(C)[Si](O)(c1ccccc1)c1ccccc1)C[C@@H]1CC=C[C@@H](CC=C(Br)Br)O1. The summed E-state index contributed by atoms with van der Waals surface area (Å²) >= 11 is 6.86. The first-order valence-corrected chi connectivity index (χ1v) is 16.4. The predicted octanol–water partition coefficient (Wildman–Crippen LogP) is 7.84. The van der Waals surface area contributed by atoms with Crippen LogP contribution in [0.4, 0.5) is 0 Å². The first-order valence-electron chi connectivity index (χ1n) is 12.9. The van der Waals surface area contributed by atoms with Crippen molar-refractivity contribution in [3.63, 3.8) is 0 Å². The van der Waals surface area contributed by atoms with Gasteiger partial charge in [0, 0.05) is 0 Å². The van der Waals surface area contributed by atoms with Gasteiger partial charge in [-0.15, -0.1) is 0 Å². The molecule has 2 aromatic rings. The van der Waals surface area contributed by atoms with E-state index in [1.54, 1.807) is 0 Å². The minimum atomic E-state index is -2.90. The standard InChI is InChI=1S/C30H40Br2O2Si/c1-24(23-26-15-12-14-25(34-26)20-21-29(31)32)13-10-11-22-30(2,3)35(33,27-16-6-4-7-17-27)28-18-8-5-9-19-28/h4-9,12,14,16-19,21,24-26,33H,10-11,13,15,20,22-23H2,1-3H3/t24-,25-,26-/m0/s1. The van der Waals surface area contributed by atoms with Crippen LogP contribution >= 0.6 is 31.9 Å². The van der Waals surface area contributed by atoms with E-state index < -0.39 is 8.32 Å². The zero-order chi connectivity index (χ0) is 25.3. The van der Waals surface area contributed by atoms with Crippen LogP contribution in [0.3, 0.4) is 0 Å². The van der Waals surface area contributed by atoms with Gasteiger partial charge in [0.2, 0.25) is 0 Å². The Labute approximate surface area is 230 Å². The minimum absolute atomic E-state index is 0.166. The number of ether oxygens (including phenoxy) is 1.